The summed E-state index contributed by atoms with van der Waals surface area (Å²) in [5.41, 5.74) is 0.888. The third-order valence-electron chi connectivity index (χ3n) is 3.39. The molecule has 21 heavy (non-hydrogen) atoms. The molecule has 2 heterocycles. The summed E-state index contributed by atoms with van der Waals surface area (Å²) in [7, 11) is 0. The Morgan fingerprint density at radius 3 is 2.76 bits per heavy atom. The summed E-state index contributed by atoms with van der Waals surface area (Å²) in [5, 5.41) is 6.69. The van der Waals surface area contributed by atoms with Crippen LogP contribution in [-0.2, 0) is 6.54 Å². The van der Waals surface area contributed by atoms with Crippen molar-refractivity contribution in [2.24, 2.45) is 0 Å². The van der Waals surface area contributed by atoms with Crippen molar-refractivity contribution in [2.45, 2.75) is 6.54 Å². The second kappa shape index (κ2) is 4.79. The SMILES string of the molecule is O=c1c2ccccc2cnn1Cc1nc2ccccc2s1. The standard InChI is InChI=1S/C16H11N3OS/c20-16-12-6-2-1-5-11(12)9-17-19(16)10-15-18-13-7-3-4-8-14(13)21-15/h1-9H,10H2. The van der Waals surface area contributed by atoms with Crippen LogP contribution in [0.1, 0.15) is 5.01 Å². The summed E-state index contributed by atoms with van der Waals surface area (Å²) < 4.78 is 2.60. The number of aromatic nitrogens is 3. The van der Waals surface area contributed by atoms with Crippen molar-refractivity contribution in [2.75, 3.05) is 0 Å². The van der Waals surface area contributed by atoms with E-state index < -0.39 is 0 Å². The van der Waals surface area contributed by atoms with Crippen LogP contribution in [0, 0.1) is 0 Å². The molecule has 0 aliphatic heterocycles. The number of fused-ring (bicyclic) bond motifs is 2. The second-order valence-electron chi connectivity index (χ2n) is 4.77. The van der Waals surface area contributed by atoms with Crippen LogP contribution in [0.5, 0.6) is 0 Å². The lowest BCUT2D eigenvalue weighted by atomic mass is 10.2. The molecule has 0 radical (unpaired) electrons. The molecule has 0 fully saturated rings. The van der Waals surface area contributed by atoms with Gasteiger partial charge in [-0.05, 0) is 18.2 Å². The first-order chi connectivity index (χ1) is 10.3. The van der Waals surface area contributed by atoms with Gasteiger partial charge in [-0.2, -0.15) is 5.10 Å². The lowest BCUT2D eigenvalue weighted by Crippen LogP contribution is -2.23. The van der Waals surface area contributed by atoms with Gasteiger partial charge < -0.3 is 0 Å². The minimum Gasteiger partial charge on any atom is -0.267 e. The molecular weight excluding hydrogens is 282 g/mol. The van der Waals surface area contributed by atoms with Gasteiger partial charge in [-0.25, -0.2) is 9.67 Å². The Morgan fingerprint density at radius 1 is 1.05 bits per heavy atom. The van der Waals surface area contributed by atoms with Gasteiger partial charge in [0.25, 0.3) is 5.56 Å². The average molecular weight is 293 g/mol. The molecule has 0 aliphatic carbocycles. The minimum atomic E-state index is -0.0765. The molecule has 4 nitrogen and oxygen atoms in total. The number of nitrogens with zero attached hydrogens (tertiary/aromatic N) is 3. The zero-order valence-corrected chi connectivity index (χ0v) is 11.9. The lowest BCUT2D eigenvalue weighted by molar-refractivity contribution is 0.645. The van der Waals surface area contributed by atoms with Gasteiger partial charge in [-0.3, -0.25) is 4.79 Å². The molecule has 0 spiro atoms. The molecule has 0 atom stereocenters. The first-order valence-corrected chi connectivity index (χ1v) is 7.42. The molecule has 0 saturated carbocycles. The minimum absolute atomic E-state index is 0.0765. The van der Waals surface area contributed by atoms with Crippen LogP contribution in [0.25, 0.3) is 21.0 Å². The van der Waals surface area contributed by atoms with E-state index in [2.05, 4.69) is 10.1 Å². The predicted octanol–water partition coefficient (Wildman–Crippen LogP) is 3.05. The van der Waals surface area contributed by atoms with Crippen LogP contribution in [0.4, 0.5) is 0 Å². The molecule has 2 aromatic carbocycles. The quantitative estimate of drug-likeness (QED) is 0.570. The van der Waals surface area contributed by atoms with Crippen LogP contribution in [0.2, 0.25) is 0 Å². The van der Waals surface area contributed by atoms with Crippen molar-refractivity contribution < 1.29 is 0 Å². The first-order valence-electron chi connectivity index (χ1n) is 6.60. The van der Waals surface area contributed by atoms with Gasteiger partial charge in [0.2, 0.25) is 0 Å². The molecule has 5 heteroatoms. The zero-order valence-electron chi connectivity index (χ0n) is 11.1. The number of para-hydroxylation sites is 1. The van der Waals surface area contributed by atoms with Gasteiger partial charge in [0, 0.05) is 5.39 Å². The van der Waals surface area contributed by atoms with E-state index in [1.807, 2.05) is 48.5 Å². The van der Waals surface area contributed by atoms with Gasteiger partial charge in [0.1, 0.15) is 5.01 Å². The van der Waals surface area contributed by atoms with Crippen molar-refractivity contribution in [3.63, 3.8) is 0 Å². The fraction of sp³-hybridized carbons (Fsp3) is 0.0625. The van der Waals surface area contributed by atoms with Crippen molar-refractivity contribution >= 4 is 32.3 Å². The smallest absolute Gasteiger partial charge is 0.267 e. The van der Waals surface area contributed by atoms with Gasteiger partial charge in [0.15, 0.2) is 0 Å². The maximum atomic E-state index is 12.4. The highest BCUT2D eigenvalue weighted by atomic mass is 32.1. The lowest BCUT2D eigenvalue weighted by Gasteiger charge is -2.03. The van der Waals surface area contributed by atoms with E-state index in [1.54, 1.807) is 17.5 Å². The van der Waals surface area contributed by atoms with Crippen LogP contribution in [0.3, 0.4) is 0 Å². The van der Waals surface area contributed by atoms with Crippen LogP contribution in [-0.4, -0.2) is 14.8 Å². The highest BCUT2D eigenvalue weighted by Crippen LogP contribution is 2.21. The monoisotopic (exact) mass is 293 g/mol. The Morgan fingerprint density at radius 2 is 1.86 bits per heavy atom. The molecule has 4 aromatic rings. The Bertz CT molecular complexity index is 970. The van der Waals surface area contributed by atoms with Gasteiger partial charge in [-0.1, -0.05) is 30.3 Å². The molecular formula is C16H11N3OS. The molecule has 2 aromatic heterocycles. The summed E-state index contributed by atoms with van der Waals surface area (Å²) in [6.45, 7) is 0.406. The molecule has 4 rings (SSSR count). The van der Waals surface area contributed by atoms with E-state index in [1.165, 1.54) is 4.68 Å². The predicted molar refractivity (Wildman–Crippen MR) is 84.7 cm³/mol. The zero-order chi connectivity index (χ0) is 14.2. The molecule has 0 N–H and O–H groups in total. The topological polar surface area (TPSA) is 47.8 Å². The summed E-state index contributed by atoms with van der Waals surface area (Å²) in [4.78, 5) is 17.0. The van der Waals surface area contributed by atoms with E-state index in [-0.39, 0.29) is 5.56 Å². The molecule has 0 aliphatic rings. The van der Waals surface area contributed by atoms with Crippen LogP contribution in [0.15, 0.2) is 59.5 Å². The number of hydrogen-bond acceptors (Lipinski definition) is 4. The third-order valence-corrected chi connectivity index (χ3v) is 4.41. The van der Waals surface area contributed by atoms with E-state index in [4.69, 9.17) is 0 Å². The fourth-order valence-electron chi connectivity index (χ4n) is 2.36. The normalized spacial score (nSPS) is 11.2. The Balaban J connectivity index is 1.80. The summed E-state index contributed by atoms with van der Waals surface area (Å²) >= 11 is 1.60. The molecule has 0 unspecified atom stereocenters. The maximum absolute atomic E-state index is 12.4. The van der Waals surface area contributed by atoms with Crippen molar-refractivity contribution in [1.82, 2.24) is 14.8 Å². The number of rotatable bonds is 2. The second-order valence-corrected chi connectivity index (χ2v) is 5.89. The van der Waals surface area contributed by atoms with E-state index in [0.29, 0.717) is 11.9 Å². The van der Waals surface area contributed by atoms with Crippen LogP contribution >= 0.6 is 11.3 Å². The molecule has 102 valence electrons. The van der Waals surface area contributed by atoms with Gasteiger partial charge in [-0.15, -0.1) is 11.3 Å². The number of benzene rings is 2. The highest BCUT2D eigenvalue weighted by molar-refractivity contribution is 7.18. The molecule has 0 amide bonds. The largest absolute Gasteiger partial charge is 0.275 e. The number of thiazole rings is 1. The summed E-state index contributed by atoms with van der Waals surface area (Å²) in [5.74, 6) is 0. The third kappa shape index (κ3) is 2.11. The Kier molecular flexibility index (Phi) is 2.79. The highest BCUT2D eigenvalue weighted by Gasteiger charge is 2.08. The molecule has 0 saturated heterocycles. The van der Waals surface area contributed by atoms with Crippen molar-refractivity contribution in [3.8, 4) is 0 Å². The van der Waals surface area contributed by atoms with Gasteiger partial charge in [0.05, 0.1) is 28.3 Å². The first kappa shape index (κ1) is 12.2. The van der Waals surface area contributed by atoms with Gasteiger partial charge >= 0.3 is 0 Å². The summed E-state index contributed by atoms with van der Waals surface area (Å²) in [6.07, 6.45) is 1.73. The Hall–Kier alpha value is -2.53. The number of hydrogen-bond donors (Lipinski definition) is 0. The van der Waals surface area contributed by atoms with Crippen LogP contribution < -0.4 is 5.56 Å². The summed E-state index contributed by atoms with van der Waals surface area (Å²) in [6, 6.07) is 15.5. The van der Waals surface area contributed by atoms with E-state index in [0.717, 1.165) is 20.6 Å². The maximum Gasteiger partial charge on any atom is 0.275 e. The Labute approximate surface area is 124 Å². The van der Waals surface area contributed by atoms with Crippen molar-refractivity contribution in [1.29, 1.82) is 0 Å². The average Bonchev–Trinajstić information content (AvgIpc) is 2.93. The van der Waals surface area contributed by atoms with E-state index >= 15 is 0 Å². The fourth-order valence-corrected chi connectivity index (χ4v) is 3.31. The molecule has 0 bridgehead atoms. The van der Waals surface area contributed by atoms with E-state index in [9.17, 15) is 4.79 Å². The van der Waals surface area contributed by atoms with Crippen molar-refractivity contribution in [3.05, 3.63) is 70.1 Å².